The standard InChI is InChI=1S/C26H27F3N2O4S2/c27-26(28,29)37(33,34)31-20-6-1-3-16(12-20)11-19-8-7-17-9-10-21(13-22(17)25(19)32)35-14-24-30-23(15-36-24)18-4-2-5-18/h1,3,6,9-10,12-13,15,18-19,25,31-32H,2,4-5,7-8,11,14H2/t19-,25+/m1/s1. The first-order valence-corrected chi connectivity index (χ1v) is 14.5. The van der Waals surface area contributed by atoms with Crippen molar-refractivity contribution in [3.05, 3.63) is 75.2 Å². The van der Waals surface area contributed by atoms with Crippen LogP contribution in [0.1, 0.15) is 65.1 Å². The Morgan fingerprint density at radius 3 is 2.68 bits per heavy atom. The molecule has 198 valence electrons. The maximum absolute atomic E-state index is 12.7. The van der Waals surface area contributed by atoms with E-state index in [9.17, 15) is 26.7 Å². The van der Waals surface area contributed by atoms with Crippen LogP contribution in [-0.4, -0.2) is 24.0 Å². The molecule has 2 N–H and O–H groups in total. The van der Waals surface area contributed by atoms with Gasteiger partial charge in [-0.25, -0.2) is 4.98 Å². The fourth-order valence-electron chi connectivity index (χ4n) is 4.84. The molecule has 0 radical (unpaired) electrons. The monoisotopic (exact) mass is 552 g/mol. The molecule has 1 heterocycles. The first-order valence-electron chi connectivity index (χ1n) is 12.1. The number of alkyl halides is 3. The van der Waals surface area contributed by atoms with Gasteiger partial charge in [0.25, 0.3) is 0 Å². The summed E-state index contributed by atoms with van der Waals surface area (Å²) in [7, 11) is -5.50. The second-order valence-electron chi connectivity index (χ2n) is 9.64. The van der Waals surface area contributed by atoms with Crippen molar-refractivity contribution in [1.82, 2.24) is 4.98 Å². The van der Waals surface area contributed by atoms with Gasteiger partial charge in [-0.05, 0) is 79.0 Å². The van der Waals surface area contributed by atoms with E-state index >= 15 is 0 Å². The number of hydrogen-bond donors (Lipinski definition) is 2. The number of thiazole rings is 1. The van der Waals surface area contributed by atoms with Crippen LogP contribution < -0.4 is 9.46 Å². The topological polar surface area (TPSA) is 88.5 Å². The van der Waals surface area contributed by atoms with Crippen LogP contribution >= 0.6 is 11.3 Å². The van der Waals surface area contributed by atoms with Gasteiger partial charge in [0.15, 0.2) is 0 Å². The summed E-state index contributed by atoms with van der Waals surface area (Å²) in [5.41, 5.74) is -1.98. The third kappa shape index (κ3) is 5.78. The Morgan fingerprint density at radius 2 is 1.95 bits per heavy atom. The molecule has 0 amide bonds. The van der Waals surface area contributed by atoms with Crippen molar-refractivity contribution in [3.63, 3.8) is 0 Å². The van der Waals surface area contributed by atoms with Gasteiger partial charge in [0, 0.05) is 17.0 Å². The van der Waals surface area contributed by atoms with Crippen LogP contribution in [0.4, 0.5) is 18.9 Å². The largest absolute Gasteiger partial charge is 0.516 e. The van der Waals surface area contributed by atoms with Gasteiger partial charge < -0.3 is 9.84 Å². The fourth-order valence-corrected chi connectivity index (χ4v) is 6.18. The normalized spacial score (nSPS) is 20.2. The third-order valence-corrected chi connectivity index (χ3v) is 9.06. The minimum atomic E-state index is -5.50. The number of aryl methyl sites for hydroxylation is 1. The van der Waals surface area contributed by atoms with E-state index in [1.807, 2.05) is 18.2 Å². The van der Waals surface area contributed by atoms with Crippen LogP contribution in [0.15, 0.2) is 47.8 Å². The number of halogens is 3. The molecule has 2 atom stereocenters. The number of rotatable bonds is 8. The van der Waals surface area contributed by atoms with E-state index in [1.54, 1.807) is 22.1 Å². The van der Waals surface area contributed by atoms with Crippen molar-refractivity contribution in [2.45, 2.75) is 62.7 Å². The van der Waals surface area contributed by atoms with Crippen molar-refractivity contribution in [2.75, 3.05) is 4.72 Å². The Labute approximate surface area is 217 Å². The van der Waals surface area contributed by atoms with Gasteiger partial charge in [-0.2, -0.15) is 21.6 Å². The van der Waals surface area contributed by atoms with E-state index in [0.29, 0.717) is 36.7 Å². The third-order valence-electron chi connectivity index (χ3n) is 7.10. The van der Waals surface area contributed by atoms with Crippen LogP contribution in [0.3, 0.4) is 0 Å². The Kier molecular flexibility index (Phi) is 7.21. The smallest absolute Gasteiger partial charge is 0.486 e. The molecule has 0 aliphatic heterocycles. The second-order valence-corrected chi connectivity index (χ2v) is 12.3. The molecule has 37 heavy (non-hydrogen) atoms. The number of anilines is 1. The van der Waals surface area contributed by atoms with Gasteiger partial charge in [0.2, 0.25) is 0 Å². The van der Waals surface area contributed by atoms with Crippen LogP contribution in [0.2, 0.25) is 0 Å². The summed E-state index contributed by atoms with van der Waals surface area (Å²) in [5.74, 6) is 1.04. The molecule has 2 aliphatic carbocycles. The molecule has 0 saturated heterocycles. The molecular formula is C26H27F3N2O4S2. The van der Waals surface area contributed by atoms with Crippen molar-refractivity contribution in [2.24, 2.45) is 5.92 Å². The van der Waals surface area contributed by atoms with Gasteiger partial charge in [-0.3, -0.25) is 4.72 Å². The minimum Gasteiger partial charge on any atom is -0.486 e. The van der Waals surface area contributed by atoms with E-state index in [2.05, 4.69) is 5.38 Å². The number of aliphatic hydroxyl groups is 1. The van der Waals surface area contributed by atoms with Crippen LogP contribution in [0, 0.1) is 5.92 Å². The zero-order valence-corrected chi connectivity index (χ0v) is 21.5. The van der Waals surface area contributed by atoms with E-state index in [1.165, 1.54) is 37.5 Å². The highest BCUT2D eigenvalue weighted by Gasteiger charge is 2.46. The second kappa shape index (κ2) is 10.3. The lowest BCUT2D eigenvalue weighted by molar-refractivity contribution is -0.0429. The lowest BCUT2D eigenvalue weighted by atomic mass is 9.78. The fraction of sp³-hybridized carbons (Fsp3) is 0.423. The van der Waals surface area contributed by atoms with Gasteiger partial charge >= 0.3 is 15.5 Å². The minimum absolute atomic E-state index is 0.168. The predicted molar refractivity (Wildman–Crippen MR) is 135 cm³/mol. The number of aromatic nitrogens is 1. The maximum Gasteiger partial charge on any atom is 0.516 e. The molecule has 1 saturated carbocycles. The summed E-state index contributed by atoms with van der Waals surface area (Å²) in [4.78, 5) is 4.69. The number of fused-ring (bicyclic) bond motifs is 1. The van der Waals surface area contributed by atoms with Crippen molar-refractivity contribution >= 4 is 27.0 Å². The first-order chi connectivity index (χ1) is 17.6. The summed E-state index contributed by atoms with van der Waals surface area (Å²) in [6, 6.07) is 11.5. The lowest BCUT2D eigenvalue weighted by Crippen LogP contribution is -2.30. The number of nitrogens with zero attached hydrogens (tertiary/aromatic N) is 1. The zero-order chi connectivity index (χ0) is 26.2. The summed E-state index contributed by atoms with van der Waals surface area (Å²) < 4.78 is 68.6. The Hall–Kier alpha value is -2.63. The molecule has 1 aromatic heterocycles. The average molecular weight is 553 g/mol. The Balaban J connectivity index is 1.24. The SMILES string of the molecule is O=S(=O)(Nc1cccc(C[C@H]2CCc3ccc(OCc4nc(C5CCC5)cs4)cc3[C@H]2O)c1)C(F)(F)F. The molecule has 0 unspecified atom stereocenters. The predicted octanol–water partition coefficient (Wildman–Crippen LogP) is 6.09. The average Bonchev–Trinajstić information content (AvgIpc) is 3.26. The number of sulfonamides is 1. The van der Waals surface area contributed by atoms with E-state index < -0.39 is 21.6 Å². The summed E-state index contributed by atoms with van der Waals surface area (Å²) in [6.07, 6.45) is 4.69. The van der Waals surface area contributed by atoms with Gasteiger partial charge in [0.05, 0.1) is 11.8 Å². The highest BCUT2D eigenvalue weighted by molar-refractivity contribution is 7.93. The number of ether oxygens (including phenoxy) is 1. The molecule has 0 spiro atoms. The molecule has 2 aromatic carbocycles. The summed E-state index contributed by atoms with van der Waals surface area (Å²) >= 11 is 1.59. The zero-order valence-electron chi connectivity index (χ0n) is 19.9. The van der Waals surface area contributed by atoms with Crippen LogP contribution in [0.25, 0.3) is 0 Å². The highest BCUT2D eigenvalue weighted by atomic mass is 32.2. The maximum atomic E-state index is 12.7. The number of aliphatic hydroxyl groups excluding tert-OH is 1. The van der Waals surface area contributed by atoms with Crippen molar-refractivity contribution < 1.29 is 31.4 Å². The lowest BCUT2D eigenvalue weighted by Gasteiger charge is -2.30. The molecule has 0 bridgehead atoms. The highest BCUT2D eigenvalue weighted by Crippen LogP contribution is 2.39. The van der Waals surface area contributed by atoms with E-state index in [4.69, 9.17) is 9.72 Å². The molecule has 11 heteroatoms. The Morgan fingerprint density at radius 1 is 1.14 bits per heavy atom. The summed E-state index contributed by atoms with van der Waals surface area (Å²) in [5, 5.41) is 14.1. The molecule has 6 nitrogen and oxygen atoms in total. The van der Waals surface area contributed by atoms with Crippen molar-refractivity contribution in [1.29, 1.82) is 0 Å². The Bertz CT molecular complexity index is 1370. The number of benzene rings is 2. The molecule has 3 aromatic rings. The van der Waals surface area contributed by atoms with Gasteiger partial charge in [0.1, 0.15) is 17.4 Å². The number of nitrogens with one attached hydrogen (secondary N) is 1. The molecule has 1 fully saturated rings. The van der Waals surface area contributed by atoms with Gasteiger partial charge in [-0.15, -0.1) is 11.3 Å². The molecule has 5 rings (SSSR count). The van der Waals surface area contributed by atoms with E-state index in [0.717, 1.165) is 28.2 Å². The molecule has 2 aliphatic rings. The van der Waals surface area contributed by atoms with E-state index in [-0.39, 0.29) is 11.6 Å². The quantitative estimate of drug-likeness (QED) is 0.353. The summed E-state index contributed by atoms with van der Waals surface area (Å²) in [6.45, 7) is 0.357. The van der Waals surface area contributed by atoms with Gasteiger partial charge in [-0.1, -0.05) is 24.6 Å². The molecular weight excluding hydrogens is 525 g/mol. The van der Waals surface area contributed by atoms with Crippen LogP contribution in [-0.2, 0) is 29.5 Å². The number of hydrogen-bond acceptors (Lipinski definition) is 6. The van der Waals surface area contributed by atoms with Crippen LogP contribution in [0.5, 0.6) is 5.75 Å². The first kappa shape index (κ1) is 26.0. The van der Waals surface area contributed by atoms with Crippen molar-refractivity contribution in [3.8, 4) is 5.75 Å².